The summed E-state index contributed by atoms with van der Waals surface area (Å²) in [7, 11) is -3.99. The van der Waals surface area contributed by atoms with Gasteiger partial charge in [-0.1, -0.05) is 48.5 Å². The number of nitrogens with zero attached hydrogens (tertiary/aromatic N) is 2. The first kappa shape index (κ1) is 32.6. The van der Waals surface area contributed by atoms with E-state index in [4.69, 9.17) is 0 Å². The molecule has 0 heterocycles. The number of alkyl halides is 3. The molecule has 1 N–H and O–H groups in total. The average molecular weight is 608 g/mol. The molecule has 3 aromatic rings. The highest BCUT2D eigenvalue weighted by Crippen LogP contribution is 2.32. The predicted octanol–water partition coefficient (Wildman–Crippen LogP) is 5.17. The van der Waals surface area contributed by atoms with Gasteiger partial charge in [-0.25, -0.2) is 12.8 Å². The molecule has 0 unspecified atom stereocenters. The maximum Gasteiger partial charge on any atom is 0.416 e. The summed E-state index contributed by atoms with van der Waals surface area (Å²) in [6.45, 7) is 1.79. The Hall–Kier alpha value is -3.93. The molecule has 0 aliphatic rings. The molecule has 0 fully saturated rings. The van der Waals surface area contributed by atoms with Crippen molar-refractivity contribution in [1.82, 2.24) is 10.2 Å². The Morgan fingerprint density at radius 1 is 0.929 bits per heavy atom. The lowest BCUT2D eigenvalue weighted by Crippen LogP contribution is -2.50. The van der Waals surface area contributed by atoms with Crippen molar-refractivity contribution in [2.24, 2.45) is 0 Å². The molecule has 0 saturated carbocycles. The number of hydrogen-bond acceptors (Lipinski definition) is 4. The van der Waals surface area contributed by atoms with Crippen molar-refractivity contribution in [3.63, 3.8) is 0 Å². The van der Waals surface area contributed by atoms with Gasteiger partial charge in [-0.05, 0) is 54.8 Å². The molecule has 3 rings (SSSR count). The summed E-state index contributed by atoms with van der Waals surface area (Å²) in [4.78, 5) is 28.2. The van der Waals surface area contributed by atoms with Crippen LogP contribution in [0.3, 0.4) is 0 Å². The lowest BCUT2D eigenvalue weighted by atomic mass is 10.0. The molecule has 1 atom stereocenters. The van der Waals surface area contributed by atoms with E-state index in [0.717, 1.165) is 34.3 Å². The van der Waals surface area contributed by atoms with Gasteiger partial charge in [-0.3, -0.25) is 13.9 Å². The minimum atomic E-state index is -4.66. The van der Waals surface area contributed by atoms with Crippen LogP contribution in [0.1, 0.15) is 36.5 Å². The van der Waals surface area contributed by atoms with E-state index in [-0.39, 0.29) is 38.0 Å². The highest BCUT2D eigenvalue weighted by molar-refractivity contribution is 7.92. The molecule has 0 saturated heterocycles. The van der Waals surface area contributed by atoms with Crippen molar-refractivity contribution < 1.29 is 35.6 Å². The van der Waals surface area contributed by atoms with Crippen LogP contribution in [0.2, 0.25) is 0 Å². The normalized spacial score (nSPS) is 12.4. The molecular weight excluding hydrogens is 574 g/mol. The van der Waals surface area contributed by atoms with Crippen molar-refractivity contribution in [2.75, 3.05) is 23.7 Å². The lowest BCUT2D eigenvalue weighted by Gasteiger charge is -2.32. The number of hydrogen-bond donors (Lipinski definition) is 1. The molecule has 7 nitrogen and oxygen atoms in total. The highest BCUT2D eigenvalue weighted by Gasteiger charge is 2.32. The summed E-state index contributed by atoms with van der Waals surface area (Å²) < 4.78 is 79.2. The Labute approximate surface area is 243 Å². The van der Waals surface area contributed by atoms with E-state index in [2.05, 4.69) is 5.32 Å². The maximum absolute atomic E-state index is 13.7. The quantitative estimate of drug-likeness (QED) is 0.272. The smallest absolute Gasteiger partial charge is 0.355 e. The Kier molecular flexibility index (Phi) is 11.1. The topological polar surface area (TPSA) is 86.8 Å². The lowest BCUT2D eigenvalue weighted by molar-refractivity contribution is -0.141. The summed E-state index contributed by atoms with van der Waals surface area (Å²) in [6.07, 6.45) is -3.82. The van der Waals surface area contributed by atoms with Crippen LogP contribution < -0.4 is 9.62 Å². The number of nitrogens with one attached hydrogen (secondary N) is 1. The third kappa shape index (κ3) is 9.30. The molecule has 3 aromatic carbocycles. The third-order valence-corrected chi connectivity index (χ3v) is 7.70. The first-order chi connectivity index (χ1) is 19.8. The summed E-state index contributed by atoms with van der Waals surface area (Å²) in [5.74, 6) is -1.32. The largest absolute Gasteiger partial charge is 0.416 e. The van der Waals surface area contributed by atoms with Gasteiger partial charge < -0.3 is 10.2 Å². The second-order valence-electron chi connectivity index (χ2n) is 9.73. The van der Waals surface area contributed by atoms with Gasteiger partial charge in [0.2, 0.25) is 21.8 Å². The molecule has 12 heteroatoms. The number of sulfonamides is 1. The molecule has 0 aliphatic carbocycles. The molecule has 226 valence electrons. The molecule has 0 aliphatic heterocycles. The summed E-state index contributed by atoms with van der Waals surface area (Å²) in [6, 6.07) is 17.6. The predicted molar refractivity (Wildman–Crippen MR) is 152 cm³/mol. The van der Waals surface area contributed by atoms with Crippen LogP contribution >= 0.6 is 0 Å². The molecular formula is C30H33F4N3O4S. The van der Waals surface area contributed by atoms with Crippen LogP contribution in [0.25, 0.3) is 0 Å². The zero-order valence-corrected chi connectivity index (χ0v) is 24.1. The van der Waals surface area contributed by atoms with Gasteiger partial charge in [0.05, 0.1) is 17.5 Å². The second kappa shape index (κ2) is 14.3. The van der Waals surface area contributed by atoms with E-state index >= 15 is 0 Å². The van der Waals surface area contributed by atoms with E-state index in [9.17, 15) is 35.6 Å². The zero-order valence-electron chi connectivity index (χ0n) is 23.3. The van der Waals surface area contributed by atoms with Gasteiger partial charge in [0.25, 0.3) is 0 Å². The molecule has 0 bridgehead atoms. The SMILES string of the molecule is CCNC(=O)[C@H](Cc1ccccc1)N(Cc1ccc(F)cc1)C(=O)CCCN(c1cccc(C(F)(F)F)c1)S(C)(=O)=O. The van der Waals surface area contributed by atoms with E-state index in [1.54, 1.807) is 6.92 Å². The second-order valence-corrected chi connectivity index (χ2v) is 11.6. The number of rotatable bonds is 13. The number of amides is 2. The number of likely N-dealkylation sites (N-methyl/N-ethyl adjacent to an activating group) is 1. The van der Waals surface area contributed by atoms with Crippen molar-refractivity contribution in [1.29, 1.82) is 0 Å². The number of benzene rings is 3. The monoisotopic (exact) mass is 607 g/mol. The van der Waals surface area contributed by atoms with Gasteiger partial charge in [0.1, 0.15) is 11.9 Å². The molecule has 0 radical (unpaired) electrons. The van der Waals surface area contributed by atoms with Crippen LogP contribution in [-0.2, 0) is 38.8 Å². The van der Waals surface area contributed by atoms with Crippen molar-refractivity contribution >= 4 is 27.5 Å². The standard InChI is InChI=1S/C30H33F4N3O4S/c1-3-35-29(39)27(19-22-9-5-4-6-10-22)36(21-23-14-16-25(31)17-15-23)28(38)13-8-18-37(42(2,40)41)26-12-7-11-24(20-26)30(32,33)34/h4-7,9-12,14-17,20,27H,3,8,13,18-19,21H2,1-2H3,(H,35,39)/t27-/m0/s1. The van der Waals surface area contributed by atoms with E-state index < -0.39 is 45.4 Å². The average Bonchev–Trinajstić information content (AvgIpc) is 2.93. The third-order valence-electron chi connectivity index (χ3n) is 6.50. The van der Waals surface area contributed by atoms with Crippen LogP contribution in [0.4, 0.5) is 23.2 Å². The van der Waals surface area contributed by atoms with Crippen LogP contribution in [0.15, 0.2) is 78.9 Å². The Balaban J connectivity index is 1.87. The highest BCUT2D eigenvalue weighted by atomic mass is 32.2. The molecule has 0 aromatic heterocycles. The fourth-order valence-corrected chi connectivity index (χ4v) is 5.43. The van der Waals surface area contributed by atoms with Crippen molar-refractivity contribution in [2.45, 2.75) is 44.9 Å². The van der Waals surface area contributed by atoms with E-state index in [0.29, 0.717) is 12.1 Å². The molecule has 42 heavy (non-hydrogen) atoms. The Bertz CT molecular complexity index is 1450. The number of carbonyl (C=O) groups excluding carboxylic acids is 2. The zero-order chi connectivity index (χ0) is 30.9. The Morgan fingerprint density at radius 3 is 2.19 bits per heavy atom. The number of carbonyl (C=O) groups is 2. The summed E-state index contributed by atoms with van der Waals surface area (Å²) in [5, 5.41) is 2.76. The van der Waals surface area contributed by atoms with E-state index in [1.807, 2.05) is 30.3 Å². The summed E-state index contributed by atoms with van der Waals surface area (Å²) >= 11 is 0. The van der Waals surface area contributed by atoms with E-state index in [1.165, 1.54) is 35.2 Å². The first-order valence-electron chi connectivity index (χ1n) is 13.3. The molecule has 0 spiro atoms. The fraction of sp³-hybridized carbons (Fsp3) is 0.333. The van der Waals surface area contributed by atoms with Gasteiger partial charge in [0, 0.05) is 32.5 Å². The molecule has 2 amide bonds. The Morgan fingerprint density at radius 2 is 1.60 bits per heavy atom. The number of anilines is 1. The van der Waals surface area contributed by atoms with Crippen LogP contribution in [-0.4, -0.2) is 50.5 Å². The summed E-state index contributed by atoms with van der Waals surface area (Å²) in [5.41, 5.74) is 0.209. The fourth-order valence-electron chi connectivity index (χ4n) is 4.47. The van der Waals surface area contributed by atoms with Gasteiger partial charge in [-0.2, -0.15) is 13.2 Å². The van der Waals surface area contributed by atoms with Gasteiger partial charge in [0.15, 0.2) is 0 Å². The number of halogens is 4. The van der Waals surface area contributed by atoms with Crippen molar-refractivity contribution in [3.05, 3.63) is 101 Å². The van der Waals surface area contributed by atoms with Crippen LogP contribution in [0, 0.1) is 5.82 Å². The first-order valence-corrected chi connectivity index (χ1v) is 15.1. The van der Waals surface area contributed by atoms with Crippen LogP contribution in [0.5, 0.6) is 0 Å². The van der Waals surface area contributed by atoms with Crippen molar-refractivity contribution in [3.8, 4) is 0 Å². The minimum absolute atomic E-state index is 0.0167. The minimum Gasteiger partial charge on any atom is -0.355 e. The van der Waals surface area contributed by atoms with Gasteiger partial charge >= 0.3 is 6.18 Å². The van der Waals surface area contributed by atoms with Gasteiger partial charge in [-0.15, -0.1) is 0 Å². The maximum atomic E-state index is 13.7.